The number of sulfonamides is 1. The van der Waals surface area contributed by atoms with Gasteiger partial charge in [0.05, 0.1) is 4.90 Å². The second kappa shape index (κ2) is 6.60. The molecule has 0 aliphatic rings. The van der Waals surface area contributed by atoms with E-state index in [9.17, 15) is 12.6 Å². The standard InChI is InChI=1S/C12H20N2O3S2/c1-9(8-18(3)15)14-10(2)11-5-4-6-12(7-11)19(13,16)17/h4-7,9-10,14H,8H2,1-3H3,(H2,13,16,17). The molecule has 3 unspecified atom stereocenters. The van der Waals surface area contributed by atoms with Crippen LogP contribution in [0, 0.1) is 0 Å². The van der Waals surface area contributed by atoms with Crippen LogP contribution in [0.2, 0.25) is 0 Å². The first-order valence-electron chi connectivity index (χ1n) is 5.89. The van der Waals surface area contributed by atoms with Gasteiger partial charge in [0.25, 0.3) is 0 Å². The van der Waals surface area contributed by atoms with E-state index in [1.807, 2.05) is 19.9 Å². The molecule has 0 saturated carbocycles. The van der Waals surface area contributed by atoms with Crippen molar-refractivity contribution < 1.29 is 12.6 Å². The van der Waals surface area contributed by atoms with Gasteiger partial charge in [0.1, 0.15) is 0 Å². The van der Waals surface area contributed by atoms with Crippen molar-refractivity contribution in [1.29, 1.82) is 0 Å². The minimum atomic E-state index is -3.68. The van der Waals surface area contributed by atoms with Crippen molar-refractivity contribution in [3.8, 4) is 0 Å². The Morgan fingerprint density at radius 1 is 1.37 bits per heavy atom. The molecule has 3 atom stereocenters. The normalized spacial score (nSPS) is 16.8. The van der Waals surface area contributed by atoms with Crippen molar-refractivity contribution >= 4 is 20.8 Å². The summed E-state index contributed by atoms with van der Waals surface area (Å²) >= 11 is 0. The van der Waals surface area contributed by atoms with Crippen LogP contribution in [0.1, 0.15) is 25.5 Å². The van der Waals surface area contributed by atoms with E-state index in [1.165, 1.54) is 6.07 Å². The molecular formula is C12H20N2O3S2. The molecule has 0 saturated heterocycles. The fourth-order valence-electron chi connectivity index (χ4n) is 1.88. The Balaban J connectivity index is 2.83. The second-order valence-corrected chi connectivity index (χ2v) is 7.69. The summed E-state index contributed by atoms with van der Waals surface area (Å²) in [5, 5.41) is 8.38. The van der Waals surface area contributed by atoms with Gasteiger partial charge in [0.15, 0.2) is 0 Å². The van der Waals surface area contributed by atoms with E-state index in [0.29, 0.717) is 5.75 Å². The zero-order valence-electron chi connectivity index (χ0n) is 11.3. The summed E-state index contributed by atoms with van der Waals surface area (Å²) in [6, 6.07) is 6.57. The molecule has 0 radical (unpaired) electrons. The SMILES string of the molecule is CC(CS(C)=O)NC(C)c1cccc(S(N)(=O)=O)c1. The van der Waals surface area contributed by atoms with Crippen molar-refractivity contribution in [2.24, 2.45) is 5.14 Å². The molecule has 0 bridgehead atoms. The minimum Gasteiger partial charge on any atom is -0.307 e. The number of rotatable bonds is 6. The van der Waals surface area contributed by atoms with E-state index in [-0.39, 0.29) is 17.0 Å². The molecule has 0 spiro atoms. The summed E-state index contributed by atoms with van der Waals surface area (Å²) in [6.07, 6.45) is 1.66. The Bertz CT molecular complexity index is 558. The highest BCUT2D eigenvalue weighted by Gasteiger charge is 2.13. The molecule has 0 aliphatic carbocycles. The first-order chi connectivity index (χ1) is 8.70. The lowest BCUT2D eigenvalue weighted by Crippen LogP contribution is -2.33. The van der Waals surface area contributed by atoms with Crippen LogP contribution in [-0.4, -0.2) is 30.7 Å². The lowest BCUT2D eigenvalue weighted by Gasteiger charge is -2.20. The number of nitrogens with one attached hydrogen (secondary N) is 1. The smallest absolute Gasteiger partial charge is 0.238 e. The summed E-state index contributed by atoms with van der Waals surface area (Å²) in [5.41, 5.74) is 0.834. The molecule has 0 amide bonds. The quantitative estimate of drug-likeness (QED) is 0.811. The van der Waals surface area contributed by atoms with Gasteiger partial charge in [0.2, 0.25) is 10.0 Å². The number of hydrogen-bond donors (Lipinski definition) is 2. The van der Waals surface area contributed by atoms with Crippen LogP contribution in [0.25, 0.3) is 0 Å². The molecule has 1 aromatic rings. The minimum absolute atomic E-state index is 0.0414. The molecule has 0 fully saturated rings. The average molecular weight is 304 g/mol. The van der Waals surface area contributed by atoms with Gasteiger partial charge >= 0.3 is 0 Å². The summed E-state index contributed by atoms with van der Waals surface area (Å²) in [4.78, 5) is 0.102. The van der Waals surface area contributed by atoms with Gasteiger partial charge in [-0.2, -0.15) is 0 Å². The maximum absolute atomic E-state index is 11.3. The average Bonchev–Trinajstić information content (AvgIpc) is 2.26. The highest BCUT2D eigenvalue weighted by Crippen LogP contribution is 2.17. The Labute approximate surface area is 117 Å². The fourth-order valence-corrected chi connectivity index (χ4v) is 3.25. The molecule has 19 heavy (non-hydrogen) atoms. The fraction of sp³-hybridized carbons (Fsp3) is 0.500. The number of hydrogen-bond acceptors (Lipinski definition) is 4. The van der Waals surface area contributed by atoms with Crippen molar-refractivity contribution in [3.63, 3.8) is 0 Å². The Morgan fingerprint density at radius 3 is 2.53 bits per heavy atom. The molecule has 5 nitrogen and oxygen atoms in total. The van der Waals surface area contributed by atoms with Gasteiger partial charge in [-0.05, 0) is 31.5 Å². The van der Waals surface area contributed by atoms with E-state index >= 15 is 0 Å². The molecule has 0 aromatic heterocycles. The summed E-state index contributed by atoms with van der Waals surface area (Å²) in [7, 11) is -4.55. The van der Waals surface area contributed by atoms with Crippen molar-refractivity contribution in [1.82, 2.24) is 5.32 Å². The van der Waals surface area contributed by atoms with Crippen LogP contribution in [0.5, 0.6) is 0 Å². The summed E-state index contributed by atoms with van der Waals surface area (Å²) in [5.74, 6) is 0.555. The van der Waals surface area contributed by atoms with Gasteiger partial charge in [-0.25, -0.2) is 13.6 Å². The Kier molecular flexibility index (Phi) is 5.66. The van der Waals surface area contributed by atoms with E-state index in [1.54, 1.807) is 18.4 Å². The van der Waals surface area contributed by atoms with E-state index in [2.05, 4.69) is 5.32 Å². The van der Waals surface area contributed by atoms with Crippen molar-refractivity contribution in [2.75, 3.05) is 12.0 Å². The predicted octanol–water partition coefficient (Wildman–Crippen LogP) is 0.752. The Morgan fingerprint density at radius 2 is 2.00 bits per heavy atom. The van der Waals surface area contributed by atoms with Gasteiger partial charge in [-0.1, -0.05) is 12.1 Å². The van der Waals surface area contributed by atoms with E-state index < -0.39 is 20.8 Å². The maximum Gasteiger partial charge on any atom is 0.238 e. The molecule has 108 valence electrons. The van der Waals surface area contributed by atoms with E-state index in [4.69, 9.17) is 5.14 Å². The highest BCUT2D eigenvalue weighted by molar-refractivity contribution is 7.89. The van der Waals surface area contributed by atoms with Crippen LogP contribution in [0.15, 0.2) is 29.2 Å². The van der Waals surface area contributed by atoms with Crippen molar-refractivity contribution in [2.45, 2.75) is 30.8 Å². The lowest BCUT2D eigenvalue weighted by molar-refractivity contribution is 0.507. The third-order valence-corrected chi connectivity index (χ3v) is 4.59. The third kappa shape index (κ3) is 5.40. The number of primary sulfonamides is 1. The Hall–Kier alpha value is -0.760. The zero-order valence-corrected chi connectivity index (χ0v) is 12.9. The zero-order chi connectivity index (χ0) is 14.6. The first-order valence-corrected chi connectivity index (χ1v) is 9.16. The summed E-state index contributed by atoms with van der Waals surface area (Å²) in [6.45, 7) is 3.87. The molecule has 3 N–H and O–H groups in total. The van der Waals surface area contributed by atoms with Crippen LogP contribution in [0.4, 0.5) is 0 Å². The molecule has 7 heteroatoms. The van der Waals surface area contributed by atoms with Crippen LogP contribution in [-0.2, 0) is 20.8 Å². The van der Waals surface area contributed by atoms with Gasteiger partial charge in [0, 0.05) is 34.9 Å². The highest BCUT2D eigenvalue weighted by atomic mass is 32.2. The third-order valence-electron chi connectivity index (χ3n) is 2.71. The second-order valence-electron chi connectivity index (χ2n) is 4.65. The molecule has 1 rings (SSSR count). The van der Waals surface area contributed by atoms with Crippen LogP contribution in [0.3, 0.4) is 0 Å². The van der Waals surface area contributed by atoms with Crippen molar-refractivity contribution in [3.05, 3.63) is 29.8 Å². The topological polar surface area (TPSA) is 89.3 Å². The maximum atomic E-state index is 11.3. The van der Waals surface area contributed by atoms with Crippen LogP contribution >= 0.6 is 0 Å². The molecular weight excluding hydrogens is 284 g/mol. The molecule has 1 aromatic carbocycles. The van der Waals surface area contributed by atoms with Gasteiger partial charge in [-0.3, -0.25) is 4.21 Å². The monoisotopic (exact) mass is 304 g/mol. The molecule has 0 aliphatic heterocycles. The van der Waals surface area contributed by atoms with Gasteiger partial charge in [-0.15, -0.1) is 0 Å². The lowest BCUT2D eigenvalue weighted by atomic mass is 10.1. The van der Waals surface area contributed by atoms with Gasteiger partial charge < -0.3 is 5.32 Å². The number of nitrogens with two attached hydrogens (primary N) is 1. The molecule has 0 heterocycles. The number of benzene rings is 1. The summed E-state index contributed by atoms with van der Waals surface area (Å²) < 4.78 is 33.7. The largest absolute Gasteiger partial charge is 0.307 e. The van der Waals surface area contributed by atoms with Crippen LogP contribution < -0.4 is 10.5 Å². The predicted molar refractivity (Wildman–Crippen MR) is 77.8 cm³/mol. The first kappa shape index (κ1) is 16.3. The van der Waals surface area contributed by atoms with E-state index in [0.717, 1.165) is 5.56 Å².